The van der Waals surface area contributed by atoms with Gasteiger partial charge in [-0.3, -0.25) is 5.32 Å². The molecule has 15 heavy (non-hydrogen) atoms. The zero-order chi connectivity index (χ0) is 11.3. The van der Waals surface area contributed by atoms with Crippen LogP contribution in [0.15, 0.2) is 22.7 Å². The molecule has 0 bridgehead atoms. The van der Waals surface area contributed by atoms with Crippen molar-refractivity contribution in [3.63, 3.8) is 0 Å². The number of halogens is 1. The van der Waals surface area contributed by atoms with E-state index in [2.05, 4.69) is 21.2 Å². The van der Waals surface area contributed by atoms with Gasteiger partial charge in [-0.2, -0.15) is 0 Å². The highest BCUT2D eigenvalue weighted by Crippen LogP contribution is 2.21. The number of carbonyl (C=O) groups excluding carboxylic acids is 1. The van der Waals surface area contributed by atoms with Gasteiger partial charge in [0.05, 0.1) is 6.61 Å². The highest BCUT2D eigenvalue weighted by molar-refractivity contribution is 9.10. The summed E-state index contributed by atoms with van der Waals surface area (Å²) in [6.45, 7) is 4.20. The van der Waals surface area contributed by atoms with Crippen molar-refractivity contribution in [2.24, 2.45) is 0 Å². The van der Waals surface area contributed by atoms with Gasteiger partial charge in [0, 0.05) is 10.2 Å². The fourth-order valence-electron chi connectivity index (χ4n) is 1.25. The molecule has 0 heterocycles. The SMILES string of the molecule is CCOC(=O)Nc1ccc(Br)cc1CC. The number of aryl methyl sites for hydroxylation is 1. The van der Waals surface area contributed by atoms with Crippen molar-refractivity contribution in [2.45, 2.75) is 20.3 Å². The molecule has 0 aliphatic rings. The maximum Gasteiger partial charge on any atom is 0.411 e. The molecule has 4 heteroatoms. The third kappa shape index (κ3) is 3.55. The molecule has 3 nitrogen and oxygen atoms in total. The molecule has 1 aromatic rings. The molecule has 0 radical (unpaired) electrons. The molecule has 82 valence electrons. The molecule has 0 aliphatic carbocycles. The molecular weight excluding hydrogens is 258 g/mol. The maximum atomic E-state index is 11.2. The molecule has 0 fully saturated rings. The summed E-state index contributed by atoms with van der Waals surface area (Å²) in [5.74, 6) is 0. The number of hydrogen-bond donors (Lipinski definition) is 1. The number of anilines is 1. The first kappa shape index (κ1) is 12.0. The van der Waals surface area contributed by atoms with Crippen LogP contribution in [0.1, 0.15) is 19.4 Å². The van der Waals surface area contributed by atoms with Gasteiger partial charge in [0.25, 0.3) is 0 Å². The van der Waals surface area contributed by atoms with E-state index in [0.717, 1.165) is 22.1 Å². The summed E-state index contributed by atoms with van der Waals surface area (Å²) in [7, 11) is 0. The largest absolute Gasteiger partial charge is 0.450 e. The molecule has 0 aromatic heterocycles. The topological polar surface area (TPSA) is 38.3 Å². The van der Waals surface area contributed by atoms with Crippen molar-refractivity contribution >= 4 is 27.7 Å². The summed E-state index contributed by atoms with van der Waals surface area (Å²) < 4.78 is 5.82. The van der Waals surface area contributed by atoms with Crippen LogP contribution >= 0.6 is 15.9 Å². The maximum absolute atomic E-state index is 11.2. The van der Waals surface area contributed by atoms with E-state index in [1.807, 2.05) is 25.1 Å². The molecule has 0 atom stereocenters. The number of hydrogen-bond acceptors (Lipinski definition) is 2. The van der Waals surface area contributed by atoms with Crippen molar-refractivity contribution in [1.82, 2.24) is 0 Å². The summed E-state index contributed by atoms with van der Waals surface area (Å²) in [6.07, 6.45) is 0.454. The lowest BCUT2D eigenvalue weighted by Gasteiger charge is -2.09. The molecule has 1 rings (SSSR count). The summed E-state index contributed by atoms with van der Waals surface area (Å²) in [5, 5.41) is 2.71. The van der Waals surface area contributed by atoms with Crippen molar-refractivity contribution in [2.75, 3.05) is 11.9 Å². The zero-order valence-corrected chi connectivity index (χ0v) is 10.4. The molecule has 0 spiro atoms. The molecular formula is C11H14BrNO2. The molecule has 0 aliphatic heterocycles. The zero-order valence-electron chi connectivity index (χ0n) is 8.84. The second-order valence-corrected chi connectivity index (χ2v) is 3.92. The minimum atomic E-state index is -0.408. The number of amides is 1. The molecule has 0 saturated carbocycles. The fraction of sp³-hybridized carbons (Fsp3) is 0.364. The Morgan fingerprint density at radius 2 is 2.20 bits per heavy atom. The highest BCUT2D eigenvalue weighted by Gasteiger charge is 2.06. The lowest BCUT2D eigenvalue weighted by molar-refractivity contribution is 0.168. The summed E-state index contributed by atoms with van der Waals surface area (Å²) >= 11 is 3.39. The van der Waals surface area contributed by atoms with Gasteiger partial charge >= 0.3 is 6.09 Å². The van der Waals surface area contributed by atoms with Crippen LogP contribution in [0, 0.1) is 0 Å². The lowest BCUT2D eigenvalue weighted by Crippen LogP contribution is -2.14. The van der Waals surface area contributed by atoms with E-state index in [0.29, 0.717) is 6.61 Å². The number of carbonyl (C=O) groups is 1. The Kier molecular flexibility index (Phi) is 4.62. The van der Waals surface area contributed by atoms with E-state index in [4.69, 9.17) is 4.74 Å². The van der Waals surface area contributed by atoms with Gasteiger partial charge in [0.1, 0.15) is 0 Å². The van der Waals surface area contributed by atoms with Crippen LogP contribution in [0.5, 0.6) is 0 Å². The second kappa shape index (κ2) is 5.75. The Balaban J connectivity index is 2.80. The van der Waals surface area contributed by atoms with E-state index in [1.165, 1.54) is 0 Å². The van der Waals surface area contributed by atoms with E-state index >= 15 is 0 Å². The normalized spacial score (nSPS) is 9.80. The van der Waals surface area contributed by atoms with Crippen LogP contribution in [-0.4, -0.2) is 12.7 Å². The van der Waals surface area contributed by atoms with Gasteiger partial charge in [-0.15, -0.1) is 0 Å². The molecule has 1 N–H and O–H groups in total. The predicted octanol–water partition coefficient (Wildman–Crippen LogP) is 3.58. The Morgan fingerprint density at radius 1 is 1.47 bits per heavy atom. The van der Waals surface area contributed by atoms with Crippen molar-refractivity contribution in [3.05, 3.63) is 28.2 Å². The molecule has 1 aromatic carbocycles. The fourth-order valence-corrected chi connectivity index (χ4v) is 1.66. The number of benzene rings is 1. The minimum absolute atomic E-state index is 0.379. The molecule has 0 unspecified atom stereocenters. The second-order valence-electron chi connectivity index (χ2n) is 3.00. The third-order valence-electron chi connectivity index (χ3n) is 1.96. The van der Waals surface area contributed by atoms with Crippen LogP contribution in [0.2, 0.25) is 0 Å². The van der Waals surface area contributed by atoms with Crippen LogP contribution < -0.4 is 5.32 Å². The number of rotatable bonds is 3. The number of nitrogens with one attached hydrogen (secondary N) is 1. The quantitative estimate of drug-likeness (QED) is 0.913. The predicted molar refractivity (Wildman–Crippen MR) is 64.2 cm³/mol. The van der Waals surface area contributed by atoms with Crippen molar-refractivity contribution < 1.29 is 9.53 Å². The smallest absolute Gasteiger partial charge is 0.411 e. The van der Waals surface area contributed by atoms with Crippen LogP contribution in [0.25, 0.3) is 0 Å². The highest BCUT2D eigenvalue weighted by atomic mass is 79.9. The lowest BCUT2D eigenvalue weighted by atomic mass is 10.1. The van der Waals surface area contributed by atoms with Crippen molar-refractivity contribution in [3.8, 4) is 0 Å². The average molecular weight is 272 g/mol. The monoisotopic (exact) mass is 271 g/mol. The van der Waals surface area contributed by atoms with Gasteiger partial charge in [-0.25, -0.2) is 4.79 Å². The van der Waals surface area contributed by atoms with Crippen LogP contribution in [0.3, 0.4) is 0 Å². The first-order valence-corrected chi connectivity index (χ1v) is 5.68. The van der Waals surface area contributed by atoms with Gasteiger partial charge in [0.2, 0.25) is 0 Å². The number of ether oxygens (including phenoxy) is 1. The summed E-state index contributed by atoms with van der Waals surface area (Å²) in [5.41, 5.74) is 1.89. The summed E-state index contributed by atoms with van der Waals surface area (Å²) in [6, 6.07) is 5.74. The summed E-state index contributed by atoms with van der Waals surface area (Å²) in [4.78, 5) is 11.2. The molecule has 1 amide bonds. The van der Waals surface area contributed by atoms with Crippen molar-refractivity contribution in [1.29, 1.82) is 0 Å². The van der Waals surface area contributed by atoms with E-state index < -0.39 is 6.09 Å². The van der Waals surface area contributed by atoms with Gasteiger partial charge < -0.3 is 4.74 Å². The van der Waals surface area contributed by atoms with Crippen LogP contribution in [0.4, 0.5) is 10.5 Å². The van der Waals surface area contributed by atoms with Gasteiger partial charge in [0.15, 0.2) is 0 Å². The Bertz CT molecular complexity index is 352. The third-order valence-corrected chi connectivity index (χ3v) is 2.45. The van der Waals surface area contributed by atoms with Crippen LogP contribution in [-0.2, 0) is 11.2 Å². The van der Waals surface area contributed by atoms with E-state index in [1.54, 1.807) is 6.92 Å². The van der Waals surface area contributed by atoms with E-state index in [-0.39, 0.29) is 0 Å². The molecule has 0 saturated heterocycles. The standard InChI is InChI=1S/C11H14BrNO2/c1-3-8-7-9(12)5-6-10(8)13-11(14)15-4-2/h5-7H,3-4H2,1-2H3,(H,13,14). The average Bonchev–Trinajstić information content (AvgIpc) is 2.21. The Hall–Kier alpha value is -1.03. The van der Waals surface area contributed by atoms with Gasteiger partial charge in [-0.05, 0) is 37.1 Å². The minimum Gasteiger partial charge on any atom is -0.450 e. The van der Waals surface area contributed by atoms with E-state index in [9.17, 15) is 4.79 Å². The first-order chi connectivity index (χ1) is 7.17. The van der Waals surface area contributed by atoms with Gasteiger partial charge in [-0.1, -0.05) is 22.9 Å². The Morgan fingerprint density at radius 3 is 2.80 bits per heavy atom. The first-order valence-electron chi connectivity index (χ1n) is 4.89. The Labute approximate surface area is 97.9 Å².